The van der Waals surface area contributed by atoms with Crippen molar-refractivity contribution in [1.82, 2.24) is 19.7 Å². The normalized spacial score (nSPS) is 13.0. The lowest BCUT2D eigenvalue weighted by Gasteiger charge is -2.17. The van der Waals surface area contributed by atoms with E-state index in [1.54, 1.807) is 4.90 Å². The SMILES string of the molecule is Cc1ccccc1-n1nc(C(=O)N(C)Cc2cccc3[nH]ccc23)c2c1CCC2. The van der Waals surface area contributed by atoms with Gasteiger partial charge in [0, 0.05) is 41.9 Å². The molecule has 0 fully saturated rings. The molecule has 0 spiro atoms. The Kier molecular flexibility index (Phi) is 4.23. The van der Waals surface area contributed by atoms with Gasteiger partial charge in [0.25, 0.3) is 5.91 Å². The molecule has 0 saturated heterocycles. The van der Waals surface area contributed by atoms with Gasteiger partial charge in [0.05, 0.1) is 5.69 Å². The molecule has 1 amide bonds. The maximum atomic E-state index is 13.4. The van der Waals surface area contributed by atoms with Crippen LogP contribution in [0.2, 0.25) is 0 Å². The highest BCUT2D eigenvalue weighted by molar-refractivity contribution is 5.94. The zero-order valence-electron chi connectivity index (χ0n) is 16.8. The van der Waals surface area contributed by atoms with Gasteiger partial charge in [0.2, 0.25) is 0 Å². The number of aryl methyl sites for hydroxylation is 1. The molecule has 2 aromatic carbocycles. The van der Waals surface area contributed by atoms with Crippen LogP contribution in [0.25, 0.3) is 16.6 Å². The summed E-state index contributed by atoms with van der Waals surface area (Å²) in [5.74, 6) is -0.0111. The number of aromatic amines is 1. The highest BCUT2D eigenvalue weighted by Crippen LogP contribution is 2.30. The van der Waals surface area contributed by atoms with Crippen molar-refractivity contribution < 1.29 is 4.79 Å². The first-order chi connectivity index (χ1) is 14.1. The van der Waals surface area contributed by atoms with E-state index in [2.05, 4.69) is 42.2 Å². The van der Waals surface area contributed by atoms with Crippen molar-refractivity contribution in [2.45, 2.75) is 32.7 Å². The molecule has 5 rings (SSSR count). The van der Waals surface area contributed by atoms with E-state index in [1.807, 2.05) is 36.1 Å². The van der Waals surface area contributed by atoms with Crippen LogP contribution in [0.4, 0.5) is 0 Å². The second-order valence-corrected chi connectivity index (χ2v) is 7.84. The number of amides is 1. The molecule has 29 heavy (non-hydrogen) atoms. The number of hydrogen-bond acceptors (Lipinski definition) is 2. The van der Waals surface area contributed by atoms with Gasteiger partial charge in [-0.2, -0.15) is 5.10 Å². The second-order valence-electron chi connectivity index (χ2n) is 7.84. The maximum absolute atomic E-state index is 13.4. The van der Waals surface area contributed by atoms with Gasteiger partial charge >= 0.3 is 0 Å². The van der Waals surface area contributed by atoms with Gasteiger partial charge in [-0.05, 0) is 55.5 Å². The van der Waals surface area contributed by atoms with Crippen molar-refractivity contribution in [2.75, 3.05) is 7.05 Å². The molecule has 0 bridgehead atoms. The number of aromatic nitrogens is 3. The molecule has 0 radical (unpaired) electrons. The monoisotopic (exact) mass is 384 g/mol. The third kappa shape index (κ3) is 2.94. The molecule has 0 saturated carbocycles. The van der Waals surface area contributed by atoms with E-state index in [0.29, 0.717) is 12.2 Å². The fourth-order valence-corrected chi connectivity index (χ4v) is 4.41. The van der Waals surface area contributed by atoms with Crippen LogP contribution in [0.5, 0.6) is 0 Å². The number of hydrogen-bond donors (Lipinski definition) is 1. The summed E-state index contributed by atoms with van der Waals surface area (Å²) in [5.41, 5.74) is 7.35. The van der Waals surface area contributed by atoms with Gasteiger partial charge in [-0.25, -0.2) is 4.68 Å². The largest absolute Gasteiger partial charge is 0.361 e. The molecule has 4 aromatic rings. The van der Waals surface area contributed by atoms with Crippen molar-refractivity contribution in [3.8, 4) is 5.69 Å². The molecule has 1 N–H and O–H groups in total. The molecule has 2 heterocycles. The summed E-state index contributed by atoms with van der Waals surface area (Å²) >= 11 is 0. The standard InChI is InChI=1S/C24H24N4O/c1-16-7-3-4-11-21(16)28-22-12-6-9-19(22)23(26-28)24(29)27(2)15-17-8-5-10-20-18(17)13-14-25-20/h3-5,7-8,10-11,13-14,25H,6,9,12,15H2,1-2H3. The number of carbonyl (C=O) groups excluding carboxylic acids is 1. The number of fused-ring (bicyclic) bond motifs is 2. The molecular formula is C24H24N4O. The van der Waals surface area contributed by atoms with Gasteiger partial charge in [-0.15, -0.1) is 0 Å². The lowest BCUT2D eigenvalue weighted by atomic mass is 10.1. The third-order valence-corrected chi connectivity index (χ3v) is 5.92. The van der Waals surface area contributed by atoms with Crippen LogP contribution < -0.4 is 0 Å². The Bertz CT molecular complexity index is 1220. The number of para-hydroxylation sites is 1. The van der Waals surface area contributed by atoms with Crippen molar-refractivity contribution in [2.24, 2.45) is 0 Å². The van der Waals surface area contributed by atoms with Crippen molar-refractivity contribution >= 4 is 16.8 Å². The van der Waals surface area contributed by atoms with E-state index < -0.39 is 0 Å². The first kappa shape index (κ1) is 17.7. The lowest BCUT2D eigenvalue weighted by molar-refractivity contribution is 0.0778. The van der Waals surface area contributed by atoms with E-state index >= 15 is 0 Å². The van der Waals surface area contributed by atoms with Crippen molar-refractivity contribution in [3.63, 3.8) is 0 Å². The number of carbonyl (C=O) groups is 1. The molecule has 1 aliphatic rings. The zero-order chi connectivity index (χ0) is 20.0. The molecule has 146 valence electrons. The number of H-pyrrole nitrogens is 1. The Morgan fingerprint density at radius 3 is 2.86 bits per heavy atom. The van der Waals surface area contributed by atoms with Crippen LogP contribution in [0, 0.1) is 6.92 Å². The first-order valence-electron chi connectivity index (χ1n) is 10.1. The van der Waals surface area contributed by atoms with E-state index in [-0.39, 0.29) is 5.91 Å². The van der Waals surface area contributed by atoms with Gasteiger partial charge < -0.3 is 9.88 Å². The van der Waals surface area contributed by atoms with Crippen LogP contribution >= 0.6 is 0 Å². The van der Waals surface area contributed by atoms with Crippen molar-refractivity contribution in [3.05, 3.63) is 82.8 Å². The van der Waals surface area contributed by atoms with Gasteiger partial charge in [-0.3, -0.25) is 4.79 Å². The van der Waals surface area contributed by atoms with Crippen molar-refractivity contribution in [1.29, 1.82) is 0 Å². The Morgan fingerprint density at radius 1 is 1.14 bits per heavy atom. The average Bonchev–Trinajstić information content (AvgIpc) is 3.45. The Morgan fingerprint density at radius 2 is 2.00 bits per heavy atom. The highest BCUT2D eigenvalue weighted by Gasteiger charge is 2.29. The van der Waals surface area contributed by atoms with E-state index in [4.69, 9.17) is 5.10 Å². The Hall–Kier alpha value is -3.34. The van der Waals surface area contributed by atoms with Crippen LogP contribution in [-0.2, 0) is 19.4 Å². The molecular weight excluding hydrogens is 360 g/mol. The lowest BCUT2D eigenvalue weighted by Crippen LogP contribution is -2.27. The summed E-state index contributed by atoms with van der Waals surface area (Å²) < 4.78 is 1.99. The van der Waals surface area contributed by atoms with Crippen LogP contribution in [0.1, 0.15) is 39.3 Å². The quantitative estimate of drug-likeness (QED) is 0.566. The highest BCUT2D eigenvalue weighted by atomic mass is 16.2. The third-order valence-electron chi connectivity index (χ3n) is 5.92. The topological polar surface area (TPSA) is 53.9 Å². The van der Waals surface area contributed by atoms with E-state index in [0.717, 1.165) is 52.5 Å². The Balaban J connectivity index is 1.49. The van der Waals surface area contributed by atoms with Gasteiger partial charge in [0.1, 0.15) is 0 Å². The van der Waals surface area contributed by atoms with Gasteiger partial charge in [0.15, 0.2) is 5.69 Å². The maximum Gasteiger partial charge on any atom is 0.274 e. The number of benzene rings is 2. The predicted octanol–water partition coefficient (Wildman–Crippen LogP) is 4.42. The first-order valence-corrected chi connectivity index (χ1v) is 10.1. The molecule has 0 atom stereocenters. The van der Waals surface area contributed by atoms with Crippen LogP contribution in [0.3, 0.4) is 0 Å². The smallest absolute Gasteiger partial charge is 0.274 e. The van der Waals surface area contributed by atoms with Gasteiger partial charge in [-0.1, -0.05) is 30.3 Å². The summed E-state index contributed by atoms with van der Waals surface area (Å²) in [6, 6.07) is 16.4. The second kappa shape index (κ2) is 6.92. The molecule has 0 aliphatic heterocycles. The number of rotatable bonds is 4. The van der Waals surface area contributed by atoms with E-state index in [9.17, 15) is 4.79 Å². The number of nitrogens with zero attached hydrogens (tertiary/aromatic N) is 3. The average molecular weight is 384 g/mol. The molecule has 5 nitrogen and oxygen atoms in total. The minimum absolute atomic E-state index is 0.0111. The molecule has 2 aromatic heterocycles. The van der Waals surface area contributed by atoms with E-state index in [1.165, 1.54) is 5.69 Å². The summed E-state index contributed by atoms with van der Waals surface area (Å²) in [6.45, 7) is 2.64. The fourth-order valence-electron chi connectivity index (χ4n) is 4.41. The summed E-state index contributed by atoms with van der Waals surface area (Å²) in [4.78, 5) is 18.4. The number of nitrogens with one attached hydrogen (secondary N) is 1. The summed E-state index contributed by atoms with van der Waals surface area (Å²) in [6.07, 6.45) is 4.90. The predicted molar refractivity (Wildman–Crippen MR) is 114 cm³/mol. The minimum atomic E-state index is -0.0111. The zero-order valence-corrected chi connectivity index (χ0v) is 16.8. The molecule has 0 unspecified atom stereocenters. The molecule has 5 heteroatoms. The fraction of sp³-hybridized carbons (Fsp3) is 0.250. The summed E-state index contributed by atoms with van der Waals surface area (Å²) in [7, 11) is 1.86. The Labute approximate surface area is 170 Å². The summed E-state index contributed by atoms with van der Waals surface area (Å²) in [5, 5.41) is 5.95. The van der Waals surface area contributed by atoms with Crippen LogP contribution in [0.15, 0.2) is 54.7 Å². The molecule has 1 aliphatic carbocycles. The minimum Gasteiger partial charge on any atom is -0.361 e. The van der Waals surface area contributed by atoms with Crippen LogP contribution in [-0.4, -0.2) is 32.6 Å².